The van der Waals surface area contributed by atoms with Crippen molar-refractivity contribution in [3.05, 3.63) is 146 Å². The third-order valence-electron chi connectivity index (χ3n) is 10.4. The van der Waals surface area contributed by atoms with Crippen molar-refractivity contribution in [1.82, 2.24) is 28.7 Å². The topological polar surface area (TPSA) is 90.4 Å². The molecule has 57 heavy (non-hydrogen) atoms. The van der Waals surface area contributed by atoms with Gasteiger partial charge in [0.15, 0.2) is 11.6 Å². The molecular weight excluding hydrogens is 713 g/mol. The van der Waals surface area contributed by atoms with Crippen LogP contribution >= 0.6 is 0 Å². The molecular formula is C47H36N6O4. The second-order valence-corrected chi connectivity index (χ2v) is 13.6. The number of hydrogen-bond acceptors (Lipinski definition) is 7. The molecule has 0 saturated carbocycles. The van der Waals surface area contributed by atoms with Crippen LogP contribution < -0.4 is 18.9 Å². The fourth-order valence-electron chi connectivity index (χ4n) is 7.93. The number of para-hydroxylation sites is 4. The van der Waals surface area contributed by atoms with Gasteiger partial charge in [0.25, 0.3) is 0 Å². The minimum Gasteiger partial charge on any atom is -0.497 e. The predicted molar refractivity (Wildman–Crippen MR) is 225 cm³/mol. The summed E-state index contributed by atoms with van der Waals surface area (Å²) in [5.74, 6) is 3.74. The van der Waals surface area contributed by atoms with Gasteiger partial charge >= 0.3 is 0 Å². The number of rotatable bonds is 9. The molecule has 0 aliphatic carbocycles. The Kier molecular flexibility index (Phi) is 8.10. The second kappa shape index (κ2) is 13.6. The Morgan fingerprint density at radius 3 is 1.21 bits per heavy atom. The van der Waals surface area contributed by atoms with E-state index < -0.39 is 0 Å². The zero-order valence-electron chi connectivity index (χ0n) is 31.7. The molecule has 10 aromatic rings. The van der Waals surface area contributed by atoms with Crippen molar-refractivity contribution in [3.63, 3.8) is 0 Å². The summed E-state index contributed by atoms with van der Waals surface area (Å²) < 4.78 is 29.7. The molecule has 0 aliphatic heterocycles. The van der Waals surface area contributed by atoms with Gasteiger partial charge in [-0.15, -0.1) is 0 Å². The van der Waals surface area contributed by atoms with Crippen molar-refractivity contribution < 1.29 is 18.9 Å². The van der Waals surface area contributed by atoms with E-state index in [1.165, 1.54) is 0 Å². The summed E-state index contributed by atoms with van der Waals surface area (Å²) >= 11 is 0. The lowest BCUT2D eigenvalue weighted by molar-refractivity contribution is 0.394. The number of aromatic nitrogens is 6. The molecule has 0 saturated heterocycles. The third kappa shape index (κ3) is 5.44. The highest BCUT2D eigenvalue weighted by Crippen LogP contribution is 2.45. The average Bonchev–Trinajstić information content (AvgIpc) is 3.91. The molecule has 4 aromatic heterocycles. The van der Waals surface area contributed by atoms with E-state index in [0.29, 0.717) is 51.7 Å². The maximum Gasteiger partial charge on any atom is 0.238 e. The van der Waals surface area contributed by atoms with Gasteiger partial charge < -0.3 is 28.1 Å². The molecule has 0 fully saturated rings. The average molecular weight is 749 g/mol. The Hall–Kier alpha value is -7.59. The maximum atomic E-state index is 5.69. The Bertz CT molecular complexity index is 3010. The summed E-state index contributed by atoms with van der Waals surface area (Å²) in [4.78, 5) is 15.7. The zero-order chi connectivity index (χ0) is 38.6. The lowest BCUT2D eigenvalue weighted by Gasteiger charge is -2.13. The van der Waals surface area contributed by atoms with Crippen LogP contribution in [0.3, 0.4) is 0 Å². The predicted octanol–water partition coefficient (Wildman–Crippen LogP) is 10.2. The summed E-state index contributed by atoms with van der Waals surface area (Å²) in [6.45, 7) is 0. The van der Waals surface area contributed by atoms with Crippen LogP contribution in [0.5, 0.6) is 23.0 Å². The van der Waals surface area contributed by atoms with Crippen LogP contribution in [0.2, 0.25) is 0 Å². The number of benzene rings is 6. The monoisotopic (exact) mass is 748 g/mol. The fourth-order valence-corrected chi connectivity index (χ4v) is 7.93. The zero-order valence-corrected chi connectivity index (χ0v) is 31.7. The third-order valence-corrected chi connectivity index (χ3v) is 10.4. The van der Waals surface area contributed by atoms with E-state index in [1.54, 1.807) is 28.4 Å². The van der Waals surface area contributed by atoms with Gasteiger partial charge in [0.1, 0.15) is 28.5 Å². The van der Waals surface area contributed by atoms with Crippen LogP contribution in [-0.2, 0) is 0 Å². The number of hydrogen-bond donors (Lipinski definition) is 0. The van der Waals surface area contributed by atoms with Crippen LogP contribution in [0.25, 0.3) is 84.0 Å². The number of fused-ring (bicyclic) bond motifs is 7. The number of methoxy groups -OCH3 is 4. The van der Waals surface area contributed by atoms with Gasteiger partial charge in [0.2, 0.25) is 5.95 Å². The minimum absolute atomic E-state index is 0.432. The molecule has 278 valence electrons. The second-order valence-electron chi connectivity index (χ2n) is 13.6. The van der Waals surface area contributed by atoms with Gasteiger partial charge in [-0.1, -0.05) is 72.8 Å². The van der Waals surface area contributed by atoms with E-state index >= 15 is 0 Å². The molecule has 10 rings (SSSR count). The normalized spacial score (nSPS) is 11.5. The molecule has 0 bridgehead atoms. The molecule has 6 aromatic carbocycles. The first kappa shape index (κ1) is 33.9. The summed E-state index contributed by atoms with van der Waals surface area (Å²) in [6.07, 6.45) is 0. The SMILES string of the molecule is COc1cc(OC)cc(-c2nc(-c3cc(OC)cc(OC)c3)nc(-n3c4ccccc4c4c3c3c(c5ccccc5n3-c3ccccc3)n4-c3ccccc3)n2)c1. The molecule has 0 unspecified atom stereocenters. The van der Waals surface area contributed by atoms with Gasteiger partial charge in [-0.05, 0) is 60.7 Å². The molecule has 10 heteroatoms. The van der Waals surface area contributed by atoms with Gasteiger partial charge in [-0.2, -0.15) is 9.97 Å². The van der Waals surface area contributed by atoms with Crippen LogP contribution in [0.15, 0.2) is 146 Å². The molecule has 0 aliphatic rings. The number of nitrogens with zero attached hydrogens (tertiary/aromatic N) is 6. The standard InChI is InChI=1S/C47H36N6O4/c1-54-33-23-29(24-34(27-33)55-2)45-48-46(30-25-35(56-3)28-36(26-30)57-4)50-47(49-45)53-40-22-14-12-20-38(40)42-44(53)43-41(52(42)32-17-9-6-10-18-32)37-19-11-13-21-39(37)51(43)31-15-7-5-8-16-31/h5-28H,1-4H3. The molecule has 0 spiro atoms. The van der Waals surface area contributed by atoms with Crippen LogP contribution in [0, 0.1) is 0 Å². The molecule has 10 nitrogen and oxygen atoms in total. The summed E-state index contributed by atoms with van der Waals surface area (Å²) in [6, 6.07) is 49.3. The van der Waals surface area contributed by atoms with Crippen LogP contribution in [0.4, 0.5) is 0 Å². The summed E-state index contributed by atoms with van der Waals surface area (Å²) in [7, 11) is 6.51. The van der Waals surface area contributed by atoms with Crippen molar-refractivity contribution in [2.45, 2.75) is 0 Å². The highest BCUT2D eigenvalue weighted by Gasteiger charge is 2.29. The fraction of sp³-hybridized carbons (Fsp3) is 0.0851. The first-order valence-electron chi connectivity index (χ1n) is 18.5. The first-order valence-corrected chi connectivity index (χ1v) is 18.5. The molecule has 4 heterocycles. The largest absolute Gasteiger partial charge is 0.497 e. The smallest absolute Gasteiger partial charge is 0.238 e. The first-order chi connectivity index (χ1) is 28.1. The van der Waals surface area contributed by atoms with Crippen molar-refractivity contribution in [2.75, 3.05) is 28.4 Å². The molecule has 0 radical (unpaired) electrons. The minimum atomic E-state index is 0.432. The van der Waals surface area contributed by atoms with Crippen molar-refractivity contribution in [1.29, 1.82) is 0 Å². The molecule has 0 atom stereocenters. The summed E-state index contributed by atoms with van der Waals surface area (Å²) in [5.41, 5.74) is 9.58. The van der Waals surface area contributed by atoms with E-state index in [9.17, 15) is 0 Å². The van der Waals surface area contributed by atoms with Crippen molar-refractivity contribution in [3.8, 4) is 63.1 Å². The molecule has 0 amide bonds. The van der Waals surface area contributed by atoms with Crippen LogP contribution in [0.1, 0.15) is 0 Å². The Morgan fingerprint density at radius 2 is 0.754 bits per heavy atom. The highest BCUT2D eigenvalue weighted by atomic mass is 16.5. The Morgan fingerprint density at radius 1 is 0.368 bits per heavy atom. The highest BCUT2D eigenvalue weighted by molar-refractivity contribution is 6.25. The maximum absolute atomic E-state index is 5.69. The van der Waals surface area contributed by atoms with E-state index in [2.05, 4.69) is 111 Å². The number of ether oxygens (including phenoxy) is 4. The lowest BCUT2D eigenvalue weighted by atomic mass is 10.1. The van der Waals surface area contributed by atoms with Crippen molar-refractivity contribution >= 4 is 43.9 Å². The summed E-state index contributed by atoms with van der Waals surface area (Å²) in [5, 5.41) is 2.17. The van der Waals surface area contributed by atoms with E-state index in [4.69, 9.17) is 33.9 Å². The van der Waals surface area contributed by atoms with Gasteiger partial charge in [-0.3, -0.25) is 4.57 Å². The Labute approximate surface area is 327 Å². The van der Waals surface area contributed by atoms with Gasteiger partial charge in [-0.25, -0.2) is 4.98 Å². The quantitative estimate of drug-likeness (QED) is 0.145. The molecule has 0 N–H and O–H groups in total. The van der Waals surface area contributed by atoms with Crippen molar-refractivity contribution in [2.24, 2.45) is 0 Å². The van der Waals surface area contributed by atoms with Gasteiger partial charge in [0, 0.05) is 45.4 Å². The lowest BCUT2D eigenvalue weighted by Crippen LogP contribution is -2.07. The Balaban J connectivity index is 1.40. The van der Waals surface area contributed by atoms with E-state index in [0.717, 1.165) is 55.2 Å². The van der Waals surface area contributed by atoms with Gasteiger partial charge in [0.05, 0.1) is 56.0 Å². The van der Waals surface area contributed by atoms with Crippen LogP contribution in [-0.4, -0.2) is 57.1 Å². The van der Waals surface area contributed by atoms with E-state index in [1.807, 2.05) is 48.5 Å². The van der Waals surface area contributed by atoms with E-state index in [-0.39, 0.29) is 0 Å².